The SMILES string of the molecule is NC(=O)c1cccc(COCC2CCNC2)c1. The average Bonchev–Trinajstić information content (AvgIpc) is 2.82. The molecule has 1 unspecified atom stereocenters. The first-order valence-electron chi connectivity index (χ1n) is 5.93. The molecule has 1 aromatic rings. The number of nitrogens with one attached hydrogen (secondary N) is 1. The summed E-state index contributed by atoms with van der Waals surface area (Å²) in [5, 5.41) is 3.30. The Morgan fingerprint density at radius 3 is 3.12 bits per heavy atom. The molecular formula is C13H18N2O2. The van der Waals surface area contributed by atoms with Crippen molar-refractivity contribution < 1.29 is 9.53 Å². The van der Waals surface area contributed by atoms with Crippen molar-refractivity contribution in [2.24, 2.45) is 11.7 Å². The first kappa shape index (κ1) is 12.1. The van der Waals surface area contributed by atoms with Crippen molar-refractivity contribution in [3.63, 3.8) is 0 Å². The van der Waals surface area contributed by atoms with Crippen molar-refractivity contribution >= 4 is 5.91 Å². The molecule has 0 aliphatic carbocycles. The number of ether oxygens (including phenoxy) is 1. The van der Waals surface area contributed by atoms with Crippen LogP contribution in [-0.2, 0) is 11.3 Å². The smallest absolute Gasteiger partial charge is 0.248 e. The van der Waals surface area contributed by atoms with Crippen LogP contribution in [0.3, 0.4) is 0 Å². The highest BCUT2D eigenvalue weighted by atomic mass is 16.5. The van der Waals surface area contributed by atoms with Gasteiger partial charge in [0.2, 0.25) is 5.91 Å². The Morgan fingerprint density at radius 2 is 2.41 bits per heavy atom. The van der Waals surface area contributed by atoms with Crippen molar-refractivity contribution in [2.75, 3.05) is 19.7 Å². The number of hydrogen-bond donors (Lipinski definition) is 2. The van der Waals surface area contributed by atoms with Gasteiger partial charge >= 0.3 is 0 Å². The molecule has 0 bridgehead atoms. The molecule has 17 heavy (non-hydrogen) atoms. The summed E-state index contributed by atoms with van der Waals surface area (Å²) in [5.74, 6) is 0.223. The second-order valence-electron chi connectivity index (χ2n) is 4.44. The number of primary amides is 1. The molecular weight excluding hydrogens is 216 g/mol. The van der Waals surface area contributed by atoms with Gasteiger partial charge in [-0.2, -0.15) is 0 Å². The van der Waals surface area contributed by atoms with Crippen LogP contribution in [0, 0.1) is 5.92 Å². The molecule has 4 heteroatoms. The number of benzene rings is 1. The summed E-state index contributed by atoms with van der Waals surface area (Å²) in [7, 11) is 0. The fourth-order valence-corrected chi connectivity index (χ4v) is 2.01. The van der Waals surface area contributed by atoms with E-state index in [-0.39, 0.29) is 0 Å². The molecule has 3 N–H and O–H groups in total. The van der Waals surface area contributed by atoms with Crippen molar-refractivity contribution in [3.8, 4) is 0 Å². The Bertz CT molecular complexity index is 387. The van der Waals surface area contributed by atoms with E-state index in [4.69, 9.17) is 10.5 Å². The number of amides is 1. The van der Waals surface area contributed by atoms with Gasteiger partial charge < -0.3 is 15.8 Å². The quantitative estimate of drug-likeness (QED) is 0.796. The van der Waals surface area contributed by atoms with Gasteiger partial charge in [-0.05, 0) is 36.6 Å². The fraction of sp³-hybridized carbons (Fsp3) is 0.462. The molecule has 4 nitrogen and oxygen atoms in total. The molecule has 1 aliphatic rings. The fourth-order valence-electron chi connectivity index (χ4n) is 2.01. The van der Waals surface area contributed by atoms with Crippen molar-refractivity contribution in [3.05, 3.63) is 35.4 Å². The monoisotopic (exact) mass is 234 g/mol. The Hall–Kier alpha value is -1.39. The minimum atomic E-state index is -0.396. The van der Waals surface area contributed by atoms with Crippen LogP contribution < -0.4 is 11.1 Å². The van der Waals surface area contributed by atoms with Crippen LogP contribution in [0.2, 0.25) is 0 Å². The molecule has 2 rings (SSSR count). The number of carbonyl (C=O) groups is 1. The van der Waals surface area contributed by atoms with Crippen LogP contribution in [0.25, 0.3) is 0 Å². The topological polar surface area (TPSA) is 64.4 Å². The van der Waals surface area contributed by atoms with Crippen LogP contribution in [0.5, 0.6) is 0 Å². The summed E-state index contributed by atoms with van der Waals surface area (Å²) in [6.07, 6.45) is 1.18. The van der Waals surface area contributed by atoms with Gasteiger partial charge in [0.05, 0.1) is 13.2 Å². The van der Waals surface area contributed by atoms with Crippen molar-refractivity contribution in [1.82, 2.24) is 5.32 Å². The first-order chi connectivity index (χ1) is 8.25. The van der Waals surface area contributed by atoms with Crippen LogP contribution in [0.1, 0.15) is 22.3 Å². The molecule has 0 saturated carbocycles. The van der Waals surface area contributed by atoms with Crippen molar-refractivity contribution in [2.45, 2.75) is 13.0 Å². The highest BCUT2D eigenvalue weighted by Gasteiger charge is 2.14. The Kier molecular flexibility index (Phi) is 4.12. The predicted molar refractivity (Wildman–Crippen MR) is 65.6 cm³/mol. The van der Waals surface area contributed by atoms with E-state index in [1.165, 1.54) is 6.42 Å². The molecule has 0 spiro atoms. The average molecular weight is 234 g/mol. The lowest BCUT2D eigenvalue weighted by Crippen LogP contribution is -2.14. The van der Waals surface area contributed by atoms with Gasteiger partial charge in [0.15, 0.2) is 0 Å². The number of carbonyl (C=O) groups excluding carboxylic acids is 1. The lowest BCUT2D eigenvalue weighted by molar-refractivity contribution is 0.0922. The lowest BCUT2D eigenvalue weighted by Gasteiger charge is -2.09. The van der Waals surface area contributed by atoms with E-state index in [1.54, 1.807) is 12.1 Å². The van der Waals surface area contributed by atoms with Crippen LogP contribution in [0.4, 0.5) is 0 Å². The van der Waals surface area contributed by atoms with E-state index >= 15 is 0 Å². The zero-order chi connectivity index (χ0) is 12.1. The minimum Gasteiger partial charge on any atom is -0.376 e. The van der Waals surface area contributed by atoms with E-state index in [0.717, 1.165) is 25.3 Å². The lowest BCUT2D eigenvalue weighted by atomic mass is 10.1. The van der Waals surface area contributed by atoms with Gasteiger partial charge in [-0.25, -0.2) is 0 Å². The molecule has 0 aromatic heterocycles. The largest absolute Gasteiger partial charge is 0.376 e. The second kappa shape index (κ2) is 5.80. The van der Waals surface area contributed by atoms with Crippen LogP contribution in [-0.4, -0.2) is 25.6 Å². The zero-order valence-corrected chi connectivity index (χ0v) is 9.82. The van der Waals surface area contributed by atoms with E-state index in [9.17, 15) is 4.79 Å². The van der Waals surface area contributed by atoms with E-state index in [1.807, 2.05) is 12.1 Å². The van der Waals surface area contributed by atoms with Gasteiger partial charge in [-0.15, -0.1) is 0 Å². The number of nitrogens with two attached hydrogens (primary N) is 1. The highest BCUT2D eigenvalue weighted by Crippen LogP contribution is 2.10. The molecule has 1 atom stereocenters. The molecule has 1 aliphatic heterocycles. The number of rotatable bonds is 5. The van der Waals surface area contributed by atoms with Gasteiger partial charge in [0.1, 0.15) is 0 Å². The predicted octanol–water partition coefficient (Wildman–Crippen LogP) is 0.912. The zero-order valence-electron chi connectivity index (χ0n) is 9.82. The standard InChI is InChI=1S/C13H18N2O2/c14-13(16)12-3-1-2-10(6-12)8-17-9-11-4-5-15-7-11/h1-3,6,11,15H,4-5,7-9H2,(H2,14,16). The summed E-state index contributed by atoms with van der Waals surface area (Å²) < 4.78 is 5.65. The third-order valence-corrected chi connectivity index (χ3v) is 3.00. The Morgan fingerprint density at radius 1 is 1.53 bits per heavy atom. The molecule has 1 heterocycles. The van der Waals surface area contributed by atoms with E-state index in [2.05, 4.69) is 5.32 Å². The van der Waals surface area contributed by atoms with Gasteiger partial charge in [0.25, 0.3) is 0 Å². The molecule has 0 radical (unpaired) electrons. The van der Waals surface area contributed by atoms with Crippen molar-refractivity contribution in [1.29, 1.82) is 0 Å². The summed E-state index contributed by atoms with van der Waals surface area (Å²) in [6.45, 7) is 3.44. The Balaban J connectivity index is 1.81. The summed E-state index contributed by atoms with van der Waals surface area (Å²) in [4.78, 5) is 11.0. The second-order valence-corrected chi connectivity index (χ2v) is 4.44. The maximum atomic E-state index is 11.0. The minimum absolute atomic E-state index is 0.396. The van der Waals surface area contributed by atoms with E-state index in [0.29, 0.717) is 18.1 Å². The molecule has 1 fully saturated rings. The summed E-state index contributed by atoms with van der Waals surface area (Å²) >= 11 is 0. The molecule has 92 valence electrons. The normalized spacial score (nSPS) is 19.4. The molecule has 1 amide bonds. The first-order valence-corrected chi connectivity index (χ1v) is 5.93. The number of hydrogen-bond acceptors (Lipinski definition) is 3. The summed E-state index contributed by atoms with van der Waals surface area (Å²) in [6, 6.07) is 7.28. The highest BCUT2D eigenvalue weighted by molar-refractivity contribution is 5.92. The van der Waals surface area contributed by atoms with Gasteiger partial charge in [-0.3, -0.25) is 4.79 Å². The Labute approximate surface area is 101 Å². The maximum absolute atomic E-state index is 11.0. The van der Waals surface area contributed by atoms with Gasteiger partial charge in [0, 0.05) is 12.1 Å². The third kappa shape index (κ3) is 3.54. The maximum Gasteiger partial charge on any atom is 0.248 e. The van der Waals surface area contributed by atoms with E-state index < -0.39 is 5.91 Å². The van der Waals surface area contributed by atoms with Gasteiger partial charge in [-0.1, -0.05) is 12.1 Å². The molecule has 1 saturated heterocycles. The molecule has 1 aromatic carbocycles. The third-order valence-electron chi connectivity index (χ3n) is 3.00. The van der Waals surface area contributed by atoms with Crippen LogP contribution >= 0.6 is 0 Å². The van der Waals surface area contributed by atoms with Crippen LogP contribution in [0.15, 0.2) is 24.3 Å². The summed E-state index contributed by atoms with van der Waals surface area (Å²) in [5.41, 5.74) is 6.75.